The fraction of sp³-hybridized carbons (Fsp3) is 0.364. The van der Waals surface area contributed by atoms with Crippen molar-refractivity contribution >= 4 is 11.3 Å². The predicted octanol–water partition coefficient (Wildman–Crippen LogP) is 3.01. The van der Waals surface area contributed by atoms with E-state index in [4.69, 9.17) is 4.74 Å². The van der Waals surface area contributed by atoms with Gasteiger partial charge in [0.25, 0.3) is 5.56 Å². The van der Waals surface area contributed by atoms with E-state index in [1.165, 1.54) is 16.3 Å². The SMILES string of the molecule is COc1ccc(CN2CCC(O)(Cn3nc(-c4cccs4)ccc3=O)CC2)cc1. The van der Waals surface area contributed by atoms with Crippen molar-refractivity contribution in [2.45, 2.75) is 31.5 Å². The number of benzene rings is 1. The van der Waals surface area contributed by atoms with Gasteiger partial charge in [-0.2, -0.15) is 5.10 Å². The third-order valence-electron chi connectivity index (χ3n) is 5.44. The molecule has 2 aromatic heterocycles. The van der Waals surface area contributed by atoms with Crippen molar-refractivity contribution in [3.63, 3.8) is 0 Å². The third-order valence-corrected chi connectivity index (χ3v) is 6.33. The molecule has 0 bridgehead atoms. The lowest BCUT2D eigenvalue weighted by atomic mass is 9.91. The molecule has 1 aliphatic heterocycles. The maximum atomic E-state index is 12.3. The van der Waals surface area contributed by atoms with Crippen LogP contribution in [0, 0.1) is 0 Å². The van der Waals surface area contributed by atoms with Crippen LogP contribution in [0.3, 0.4) is 0 Å². The molecule has 152 valence electrons. The van der Waals surface area contributed by atoms with Crippen LogP contribution in [0.1, 0.15) is 18.4 Å². The highest BCUT2D eigenvalue weighted by atomic mass is 32.1. The van der Waals surface area contributed by atoms with Gasteiger partial charge in [0, 0.05) is 25.7 Å². The second-order valence-corrected chi connectivity index (χ2v) is 8.49. The highest BCUT2D eigenvalue weighted by molar-refractivity contribution is 7.13. The number of thiophene rings is 1. The number of likely N-dealkylation sites (tertiary alicyclic amines) is 1. The molecule has 0 saturated carbocycles. The number of hydrogen-bond donors (Lipinski definition) is 1. The first kappa shape index (κ1) is 19.8. The molecule has 1 saturated heterocycles. The Bertz CT molecular complexity index is 991. The lowest BCUT2D eigenvalue weighted by Gasteiger charge is -2.38. The predicted molar refractivity (Wildman–Crippen MR) is 114 cm³/mol. The van der Waals surface area contributed by atoms with Crippen LogP contribution in [0.15, 0.2) is 58.7 Å². The maximum absolute atomic E-state index is 12.3. The monoisotopic (exact) mass is 411 g/mol. The third kappa shape index (κ3) is 4.75. The molecular weight excluding hydrogens is 386 g/mol. The highest BCUT2D eigenvalue weighted by Gasteiger charge is 2.33. The van der Waals surface area contributed by atoms with E-state index in [2.05, 4.69) is 22.1 Å². The van der Waals surface area contributed by atoms with Crippen LogP contribution >= 0.6 is 11.3 Å². The summed E-state index contributed by atoms with van der Waals surface area (Å²) in [7, 11) is 1.66. The van der Waals surface area contributed by atoms with Gasteiger partial charge >= 0.3 is 0 Å². The minimum Gasteiger partial charge on any atom is -0.497 e. The van der Waals surface area contributed by atoms with E-state index in [0.29, 0.717) is 12.8 Å². The largest absolute Gasteiger partial charge is 0.497 e. The van der Waals surface area contributed by atoms with Gasteiger partial charge in [0.15, 0.2) is 0 Å². The number of piperidine rings is 1. The number of methoxy groups -OCH3 is 1. The van der Waals surface area contributed by atoms with Crippen LogP contribution < -0.4 is 10.3 Å². The number of rotatable bonds is 6. The number of aliphatic hydroxyl groups is 1. The molecule has 29 heavy (non-hydrogen) atoms. The summed E-state index contributed by atoms with van der Waals surface area (Å²) in [6, 6.07) is 15.3. The second-order valence-electron chi connectivity index (χ2n) is 7.54. The van der Waals surface area contributed by atoms with E-state index < -0.39 is 5.60 Å². The van der Waals surface area contributed by atoms with E-state index in [1.54, 1.807) is 24.5 Å². The van der Waals surface area contributed by atoms with E-state index in [9.17, 15) is 9.90 Å². The van der Waals surface area contributed by atoms with E-state index in [1.807, 2.05) is 29.6 Å². The van der Waals surface area contributed by atoms with Gasteiger partial charge in [0.2, 0.25) is 0 Å². The van der Waals surface area contributed by atoms with Gasteiger partial charge in [-0.05, 0) is 48.1 Å². The molecular formula is C22H25N3O3S. The van der Waals surface area contributed by atoms with Crippen LogP contribution in [0.4, 0.5) is 0 Å². The molecule has 7 heteroatoms. The normalized spacial score (nSPS) is 16.6. The second kappa shape index (κ2) is 8.49. The minimum atomic E-state index is -0.915. The van der Waals surface area contributed by atoms with Crippen LogP contribution in [-0.4, -0.2) is 45.6 Å². The molecule has 0 aliphatic carbocycles. The van der Waals surface area contributed by atoms with E-state index >= 15 is 0 Å². The fourth-order valence-corrected chi connectivity index (χ4v) is 4.36. The molecule has 0 amide bonds. The van der Waals surface area contributed by atoms with Crippen molar-refractivity contribution in [1.29, 1.82) is 0 Å². The van der Waals surface area contributed by atoms with Crippen LogP contribution in [0.25, 0.3) is 10.6 Å². The molecule has 1 aromatic carbocycles. The van der Waals surface area contributed by atoms with E-state index in [0.717, 1.165) is 36.0 Å². The number of hydrogen-bond acceptors (Lipinski definition) is 6. The minimum absolute atomic E-state index is 0.181. The Kier molecular flexibility index (Phi) is 5.80. The van der Waals surface area contributed by atoms with Gasteiger partial charge in [-0.15, -0.1) is 11.3 Å². The van der Waals surface area contributed by atoms with Gasteiger partial charge in [0.05, 0.1) is 24.1 Å². The first-order chi connectivity index (χ1) is 14.0. The average Bonchev–Trinajstić information content (AvgIpc) is 3.27. The van der Waals surface area contributed by atoms with Gasteiger partial charge < -0.3 is 9.84 Å². The fourth-order valence-electron chi connectivity index (χ4n) is 3.67. The highest BCUT2D eigenvalue weighted by Crippen LogP contribution is 2.26. The first-order valence-corrected chi connectivity index (χ1v) is 10.6. The van der Waals surface area contributed by atoms with Crippen molar-refractivity contribution in [3.05, 3.63) is 69.8 Å². The smallest absolute Gasteiger partial charge is 0.266 e. The topological polar surface area (TPSA) is 67.6 Å². The molecule has 6 nitrogen and oxygen atoms in total. The Labute approximate surface area is 174 Å². The number of ether oxygens (including phenoxy) is 1. The Morgan fingerprint density at radius 2 is 1.90 bits per heavy atom. The molecule has 4 rings (SSSR count). The van der Waals surface area contributed by atoms with Gasteiger partial charge in [-0.1, -0.05) is 18.2 Å². The van der Waals surface area contributed by atoms with Gasteiger partial charge in [-0.25, -0.2) is 4.68 Å². The molecule has 1 aliphatic rings. The number of aromatic nitrogens is 2. The Hall–Kier alpha value is -2.48. The number of nitrogens with zero attached hydrogens (tertiary/aromatic N) is 3. The Morgan fingerprint density at radius 1 is 1.14 bits per heavy atom. The summed E-state index contributed by atoms with van der Waals surface area (Å²) in [5.74, 6) is 0.851. The quantitative estimate of drug-likeness (QED) is 0.675. The van der Waals surface area contributed by atoms with Crippen molar-refractivity contribution in [2.75, 3.05) is 20.2 Å². The summed E-state index contributed by atoms with van der Waals surface area (Å²) in [6.45, 7) is 2.62. The van der Waals surface area contributed by atoms with Crippen LogP contribution in [0.5, 0.6) is 5.75 Å². The van der Waals surface area contributed by atoms with Crippen molar-refractivity contribution < 1.29 is 9.84 Å². The zero-order chi connectivity index (χ0) is 20.3. The molecule has 3 aromatic rings. The lowest BCUT2D eigenvalue weighted by Crippen LogP contribution is -2.48. The summed E-state index contributed by atoms with van der Waals surface area (Å²) in [5.41, 5.74) is 0.888. The van der Waals surface area contributed by atoms with E-state index in [-0.39, 0.29) is 12.1 Å². The molecule has 0 spiro atoms. The summed E-state index contributed by atoms with van der Waals surface area (Å²) in [6.07, 6.45) is 1.22. The van der Waals surface area contributed by atoms with Gasteiger partial charge in [0.1, 0.15) is 11.4 Å². The maximum Gasteiger partial charge on any atom is 0.266 e. The van der Waals surface area contributed by atoms with Crippen molar-refractivity contribution in [2.24, 2.45) is 0 Å². The standard InChI is InChI=1S/C22H25N3O3S/c1-28-18-6-4-17(5-7-18)15-24-12-10-22(27,11-13-24)16-25-21(26)9-8-19(23-25)20-3-2-14-29-20/h2-9,14,27H,10-13,15-16H2,1H3. The van der Waals surface area contributed by atoms with Crippen molar-refractivity contribution in [1.82, 2.24) is 14.7 Å². The van der Waals surface area contributed by atoms with Crippen molar-refractivity contribution in [3.8, 4) is 16.3 Å². The molecule has 0 unspecified atom stereocenters. The average molecular weight is 412 g/mol. The molecule has 3 heterocycles. The Balaban J connectivity index is 1.39. The zero-order valence-electron chi connectivity index (χ0n) is 16.5. The summed E-state index contributed by atoms with van der Waals surface area (Å²) in [5, 5.41) is 17.6. The van der Waals surface area contributed by atoms with Crippen LogP contribution in [-0.2, 0) is 13.1 Å². The molecule has 1 fully saturated rings. The van der Waals surface area contributed by atoms with Gasteiger partial charge in [-0.3, -0.25) is 9.69 Å². The first-order valence-electron chi connectivity index (χ1n) is 9.74. The zero-order valence-corrected chi connectivity index (χ0v) is 17.3. The molecule has 0 atom stereocenters. The molecule has 1 N–H and O–H groups in total. The van der Waals surface area contributed by atoms with Crippen LogP contribution in [0.2, 0.25) is 0 Å². The summed E-state index contributed by atoms with van der Waals surface area (Å²) in [4.78, 5) is 15.6. The molecule has 0 radical (unpaired) electrons. The summed E-state index contributed by atoms with van der Waals surface area (Å²) < 4.78 is 6.62. The summed E-state index contributed by atoms with van der Waals surface area (Å²) >= 11 is 1.58. The Morgan fingerprint density at radius 3 is 2.55 bits per heavy atom. The lowest BCUT2D eigenvalue weighted by molar-refractivity contribution is -0.0389.